The highest BCUT2D eigenvalue weighted by Crippen LogP contribution is 2.31. The second kappa shape index (κ2) is 8.19. The lowest BCUT2D eigenvalue weighted by molar-refractivity contribution is -0.141. The Morgan fingerprint density at radius 3 is 2.41 bits per heavy atom. The molecule has 0 saturated carbocycles. The fourth-order valence-corrected chi connectivity index (χ4v) is 4.15. The van der Waals surface area contributed by atoms with Gasteiger partial charge in [0.25, 0.3) is 0 Å². The van der Waals surface area contributed by atoms with E-state index in [-0.39, 0.29) is 34.2 Å². The molecular weight excluding hydrogens is 445 g/mol. The van der Waals surface area contributed by atoms with Gasteiger partial charge in [-0.2, -0.15) is 18.3 Å². The van der Waals surface area contributed by atoms with E-state index in [4.69, 9.17) is 0 Å². The Balaban J connectivity index is 2.10. The molecule has 3 aromatic heterocycles. The summed E-state index contributed by atoms with van der Waals surface area (Å²) in [6.45, 7) is 6.98. The number of fused-ring (bicyclic) bond motifs is 1. The van der Waals surface area contributed by atoms with Gasteiger partial charge in [0.1, 0.15) is 0 Å². The van der Waals surface area contributed by atoms with E-state index in [0.717, 1.165) is 10.6 Å². The molecule has 0 bridgehead atoms. The first-order chi connectivity index (χ1) is 14.7. The molecule has 0 aliphatic carbocycles. The minimum absolute atomic E-state index is 0.0557. The summed E-state index contributed by atoms with van der Waals surface area (Å²) in [4.78, 5) is 16.6. The second-order valence-electron chi connectivity index (χ2n) is 8.34. The van der Waals surface area contributed by atoms with Crippen LogP contribution in [0.5, 0.6) is 0 Å². The highest BCUT2D eigenvalue weighted by molar-refractivity contribution is 7.91. The molecule has 0 spiro atoms. The highest BCUT2D eigenvalue weighted by atomic mass is 32.2. The van der Waals surface area contributed by atoms with E-state index in [9.17, 15) is 26.4 Å². The Morgan fingerprint density at radius 2 is 1.81 bits per heavy atom. The number of alkyl halides is 3. The van der Waals surface area contributed by atoms with E-state index >= 15 is 0 Å². The van der Waals surface area contributed by atoms with Gasteiger partial charge in [-0.15, -0.1) is 0 Å². The fourth-order valence-electron chi connectivity index (χ4n) is 3.11. The zero-order valence-electron chi connectivity index (χ0n) is 18.0. The predicted molar refractivity (Wildman–Crippen MR) is 113 cm³/mol. The van der Waals surface area contributed by atoms with E-state index in [0.29, 0.717) is 11.3 Å². The van der Waals surface area contributed by atoms with Gasteiger partial charge in [-0.3, -0.25) is 9.78 Å². The average molecular weight is 469 g/mol. The van der Waals surface area contributed by atoms with Crippen molar-refractivity contribution in [3.63, 3.8) is 0 Å². The van der Waals surface area contributed by atoms with Crippen LogP contribution in [0.3, 0.4) is 0 Å². The summed E-state index contributed by atoms with van der Waals surface area (Å²) >= 11 is 0. The number of sulfone groups is 1. The summed E-state index contributed by atoms with van der Waals surface area (Å²) in [5, 5.41) is 6.31. The van der Waals surface area contributed by atoms with Gasteiger partial charge in [-0.1, -0.05) is 6.92 Å². The maximum atomic E-state index is 13.0. The molecule has 0 aliphatic rings. The molecule has 3 aromatic rings. The lowest BCUT2D eigenvalue weighted by Crippen LogP contribution is -2.41. The molecule has 0 radical (unpaired) electrons. The highest BCUT2D eigenvalue weighted by Gasteiger charge is 2.34. The molecule has 3 rings (SSSR count). The summed E-state index contributed by atoms with van der Waals surface area (Å²) in [5.74, 6) is -0.471. The van der Waals surface area contributed by atoms with Crippen molar-refractivity contribution in [1.82, 2.24) is 19.9 Å². The van der Waals surface area contributed by atoms with Crippen molar-refractivity contribution in [1.29, 1.82) is 0 Å². The van der Waals surface area contributed by atoms with Crippen LogP contribution in [0, 0.1) is 0 Å². The van der Waals surface area contributed by atoms with Gasteiger partial charge < -0.3 is 5.32 Å². The topological polar surface area (TPSA) is 93.4 Å². The summed E-state index contributed by atoms with van der Waals surface area (Å²) in [7, 11) is -3.69. The molecule has 11 heteroatoms. The first-order valence-corrected chi connectivity index (χ1v) is 11.5. The van der Waals surface area contributed by atoms with Crippen LogP contribution in [-0.2, 0) is 27.2 Å². The minimum atomic E-state index is -4.61. The van der Waals surface area contributed by atoms with E-state index in [1.54, 1.807) is 0 Å². The van der Waals surface area contributed by atoms with Crippen molar-refractivity contribution >= 4 is 21.3 Å². The summed E-state index contributed by atoms with van der Waals surface area (Å²) in [6, 6.07) is 6.54. The lowest BCUT2D eigenvalue weighted by Gasteiger charge is -2.20. The Hall–Kier alpha value is -2.95. The van der Waals surface area contributed by atoms with Crippen molar-refractivity contribution in [2.45, 2.75) is 50.7 Å². The first-order valence-electron chi connectivity index (χ1n) is 9.80. The third-order valence-corrected chi connectivity index (χ3v) is 6.27. The molecule has 3 heterocycles. The van der Waals surface area contributed by atoms with Gasteiger partial charge in [0.15, 0.2) is 15.5 Å². The molecule has 0 atom stereocenters. The van der Waals surface area contributed by atoms with Crippen molar-refractivity contribution in [2.75, 3.05) is 5.75 Å². The lowest BCUT2D eigenvalue weighted by atomic mass is 10.1. The van der Waals surface area contributed by atoms with Crippen LogP contribution in [0.1, 0.15) is 39.1 Å². The second-order valence-corrected chi connectivity index (χ2v) is 10.6. The number of amides is 1. The first kappa shape index (κ1) is 23.7. The number of carbonyl (C=O) groups excluding carboxylic acids is 1. The number of rotatable bonds is 5. The minimum Gasteiger partial charge on any atom is -0.351 e. The number of hydrogen-bond donors (Lipinski definition) is 1. The Bertz CT molecular complexity index is 1280. The number of halogens is 3. The molecule has 1 N–H and O–H groups in total. The number of hydrogen-bond acceptors (Lipinski definition) is 5. The molecule has 32 heavy (non-hydrogen) atoms. The molecule has 0 fully saturated rings. The van der Waals surface area contributed by atoms with Crippen LogP contribution >= 0.6 is 0 Å². The maximum Gasteiger partial charge on any atom is 0.435 e. The Labute approximate surface area is 183 Å². The van der Waals surface area contributed by atoms with Gasteiger partial charge in [0.2, 0.25) is 5.91 Å². The van der Waals surface area contributed by atoms with Gasteiger partial charge >= 0.3 is 6.18 Å². The summed E-state index contributed by atoms with van der Waals surface area (Å²) in [6.07, 6.45) is -3.38. The largest absolute Gasteiger partial charge is 0.435 e. The molecule has 1 amide bonds. The Morgan fingerprint density at radius 1 is 1.12 bits per heavy atom. The normalized spacial score (nSPS) is 12.8. The molecular formula is C21H23F3N4O3S. The van der Waals surface area contributed by atoms with Crippen LogP contribution in [0.15, 0.2) is 41.4 Å². The fraction of sp³-hybridized carbons (Fsp3) is 0.381. The predicted octanol–water partition coefficient (Wildman–Crippen LogP) is 3.67. The molecule has 0 unspecified atom stereocenters. The van der Waals surface area contributed by atoms with Crippen LogP contribution in [0.25, 0.3) is 16.8 Å². The third-order valence-electron chi connectivity index (χ3n) is 4.51. The van der Waals surface area contributed by atoms with Crippen molar-refractivity contribution < 1.29 is 26.4 Å². The van der Waals surface area contributed by atoms with Crippen LogP contribution in [0.2, 0.25) is 0 Å². The molecule has 0 aliphatic heterocycles. The standard InChI is InChI=1S/C21H23F3N4O3S/c1-5-32(30,31)16-7-6-14(11-18(29)26-20(2,3)4)25-19(16)13-8-9-28-15(10-13)12-17(27-28)21(22,23)24/h6-10,12H,5,11H2,1-4H3,(H,26,29). The SMILES string of the molecule is CCS(=O)(=O)c1ccc(CC(=O)NC(C)(C)C)nc1-c1ccn2nc(C(F)(F)F)cc2c1. The number of nitrogens with zero attached hydrogens (tertiary/aromatic N) is 3. The van der Waals surface area contributed by atoms with E-state index in [2.05, 4.69) is 15.4 Å². The Kier molecular flexibility index (Phi) is 6.07. The quantitative estimate of drug-likeness (QED) is 0.617. The zero-order chi connectivity index (χ0) is 23.9. The van der Waals surface area contributed by atoms with Crippen molar-refractivity contribution in [3.8, 4) is 11.3 Å². The molecule has 172 valence electrons. The van der Waals surface area contributed by atoms with Crippen LogP contribution in [0.4, 0.5) is 13.2 Å². The number of nitrogens with one attached hydrogen (secondary N) is 1. The van der Waals surface area contributed by atoms with Crippen LogP contribution < -0.4 is 5.32 Å². The number of carbonyl (C=O) groups is 1. The van der Waals surface area contributed by atoms with E-state index in [1.807, 2.05) is 20.8 Å². The third kappa shape index (κ3) is 5.26. The molecule has 0 saturated heterocycles. The monoisotopic (exact) mass is 468 g/mol. The average Bonchev–Trinajstić information content (AvgIpc) is 3.10. The van der Waals surface area contributed by atoms with E-state index < -0.39 is 27.2 Å². The van der Waals surface area contributed by atoms with Crippen molar-refractivity contribution in [3.05, 3.63) is 47.9 Å². The van der Waals surface area contributed by atoms with Gasteiger partial charge in [-0.25, -0.2) is 12.9 Å². The van der Waals surface area contributed by atoms with Gasteiger partial charge in [0, 0.05) is 17.3 Å². The van der Waals surface area contributed by atoms with E-state index in [1.165, 1.54) is 37.4 Å². The number of aromatic nitrogens is 3. The smallest absolute Gasteiger partial charge is 0.351 e. The summed E-state index contributed by atoms with van der Waals surface area (Å²) in [5.41, 5.74) is -0.666. The summed E-state index contributed by atoms with van der Waals surface area (Å²) < 4.78 is 65.3. The van der Waals surface area contributed by atoms with Crippen molar-refractivity contribution in [2.24, 2.45) is 0 Å². The van der Waals surface area contributed by atoms with Crippen LogP contribution in [-0.4, -0.2) is 40.2 Å². The zero-order valence-corrected chi connectivity index (χ0v) is 18.8. The number of pyridine rings is 2. The molecule has 7 nitrogen and oxygen atoms in total. The molecule has 0 aromatic carbocycles. The maximum absolute atomic E-state index is 13.0. The van der Waals surface area contributed by atoms with Gasteiger partial charge in [-0.05, 0) is 51.1 Å². The van der Waals surface area contributed by atoms with Gasteiger partial charge in [0.05, 0.1) is 34.0 Å².